The average Bonchev–Trinajstić information content (AvgIpc) is 2.51. The zero-order chi connectivity index (χ0) is 17.3. The van der Waals surface area contributed by atoms with E-state index in [2.05, 4.69) is 50.1 Å². The molecule has 0 aliphatic heterocycles. The van der Waals surface area contributed by atoms with Gasteiger partial charge in [-0.2, -0.15) is 0 Å². The highest BCUT2D eigenvalue weighted by Gasteiger charge is 2.19. The predicted octanol–water partition coefficient (Wildman–Crippen LogP) is 5.65. The SMILES string of the molecule is C=C/C=C/c1cccc(CCC/C(C=C)=C(/C=C)C(C)(C)O)c1. The van der Waals surface area contributed by atoms with Crippen molar-refractivity contribution in [2.75, 3.05) is 0 Å². The molecule has 0 atom stereocenters. The molecule has 1 aromatic rings. The second-order valence-electron chi connectivity index (χ2n) is 6.10. The highest BCUT2D eigenvalue weighted by molar-refractivity contribution is 5.51. The van der Waals surface area contributed by atoms with Crippen molar-refractivity contribution in [2.24, 2.45) is 0 Å². The molecular weight excluding hydrogens is 280 g/mol. The molecule has 0 saturated carbocycles. The van der Waals surface area contributed by atoms with Crippen LogP contribution in [0.5, 0.6) is 0 Å². The van der Waals surface area contributed by atoms with Crippen LogP contribution in [0.2, 0.25) is 0 Å². The standard InChI is InChI=1S/C22H28O/c1-6-9-12-18-13-10-14-19(17-18)15-11-16-20(7-2)21(8-3)22(4,5)23/h6-10,12-14,17,23H,1-3,11,15-16H2,4-5H3/b12-9+,21-20-. The Morgan fingerprint density at radius 3 is 2.48 bits per heavy atom. The van der Waals surface area contributed by atoms with Crippen LogP contribution in [-0.2, 0) is 6.42 Å². The predicted molar refractivity (Wildman–Crippen MR) is 102 cm³/mol. The van der Waals surface area contributed by atoms with Crippen LogP contribution in [0, 0.1) is 0 Å². The molecule has 0 radical (unpaired) electrons. The van der Waals surface area contributed by atoms with Gasteiger partial charge in [-0.15, -0.1) is 0 Å². The maximum absolute atomic E-state index is 10.2. The van der Waals surface area contributed by atoms with Crippen molar-refractivity contribution >= 4 is 6.08 Å². The van der Waals surface area contributed by atoms with Crippen LogP contribution in [0.3, 0.4) is 0 Å². The van der Waals surface area contributed by atoms with Gasteiger partial charge in [0, 0.05) is 0 Å². The van der Waals surface area contributed by atoms with Crippen LogP contribution < -0.4 is 0 Å². The summed E-state index contributed by atoms with van der Waals surface area (Å²) < 4.78 is 0. The first kappa shape index (κ1) is 18.9. The average molecular weight is 308 g/mol. The third kappa shape index (κ3) is 6.25. The molecule has 1 heteroatoms. The van der Waals surface area contributed by atoms with Crippen molar-refractivity contribution in [3.8, 4) is 0 Å². The lowest BCUT2D eigenvalue weighted by molar-refractivity contribution is 0.122. The van der Waals surface area contributed by atoms with E-state index in [1.165, 1.54) is 11.1 Å². The van der Waals surface area contributed by atoms with E-state index in [-0.39, 0.29) is 0 Å². The third-order valence-corrected chi connectivity index (χ3v) is 3.74. The number of benzene rings is 1. The van der Waals surface area contributed by atoms with Crippen molar-refractivity contribution in [2.45, 2.75) is 38.7 Å². The highest BCUT2D eigenvalue weighted by Crippen LogP contribution is 2.25. The van der Waals surface area contributed by atoms with Crippen molar-refractivity contribution in [3.63, 3.8) is 0 Å². The first-order valence-electron chi connectivity index (χ1n) is 8.01. The Bertz CT molecular complexity index is 609. The first-order valence-corrected chi connectivity index (χ1v) is 8.01. The van der Waals surface area contributed by atoms with Crippen LogP contribution in [0.4, 0.5) is 0 Å². The van der Waals surface area contributed by atoms with E-state index in [0.29, 0.717) is 0 Å². The lowest BCUT2D eigenvalue weighted by atomic mass is 9.90. The maximum Gasteiger partial charge on any atom is 0.0842 e. The van der Waals surface area contributed by atoms with Gasteiger partial charge < -0.3 is 5.11 Å². The fourth-order valence-corrected chi connectivity index (χ4v) is 2.63. The van der Waals surface area contributed by atoms with Gasteiger partial charge in [0.15, 0.2) is 0 Å². The van der Waals surface area contributed by atoms with Gasteiger partial charge >= 0.3 is 0 Å². The summed E-state index contributed by atoms with van der Waals surface area (Å²) in [5.74, 6) is 0. The number of hydrogen-bond donors (Lipinski definition) is 1. The second kappa shape index (κ2) is 9.12. The Balaban J connectivity index is 2.77. The minimum absolute atomic E-state index is 0.857. The number of aliphatic hydroxyl groups is 1. The second-order valence-corrected chi connectivity index (χ2v) is 6.10. The summed E-state index contributed by atoms with van der Waals surface area (Å²) >= 11 is 0. The fraction of sp³-hybridized carbons (Fsp3) is 0.273. The van der Waals surface area contributed by atoms with E-state index in [0.717, 1.165) is 30.4 Å². The van der Waals surface area contributed by atoms with Gasteiger partial charge in [0.25, 0.3) is 0 Å². The molecule has 122 valence electrons. The molecule has 0 aliphatic carbocycles. The van der Waals surface area contributed by atoms with Crippen molar-refractivity contribution < 1.29 is 5.11 Å². The molecule has 0 aliphatic rings. The zero-order valence-electron chi connectivity index (χ0n) is 14.4. The fourth-order valence-electron chi connectivity index (χ4n) is 2.63. The van der Waals surface area contributed by atoms with Gasteiger partial charge in [-0.1, -0.05) is 74.4 Å². The lowest BCUT2D eigenvalue weighted by Crippen LogP contribution is -2.22. The Morgan fingerprint density at radius 2 is 1.91 bits per heavy atom. The highest BCUT2D eigenvalue weighted by atomic mass is 16.3. The van der Waals surface area contributed by atoms with E-state index in [4.69, 9.17) is 0 Å². The smallest absolute Gasteiger partial charge is 0.0842 e. The zero-order valence-corrected chi connectivity index (χ0v) is 14.4. The summed E-state index contributed by atoms with van der Waals surface area (Å²) in [5, 5.41) is 10.2. The molecule has 1 aromatic carbocycles. The maximum atomic E-state index is 10.2. The summed E-state index contributed by atoms with van der Waals surface area (Å²) in [5.41, 5.74) is 3.53. The molecule has 1 nitrogen and oxygen atoms in total. The van der Waals surface area contributed by atoms with Crippen LogP contribution in [0.15, 0.2) is 79.5 Å². The molecule has 0 saturated heterocycles. The molecule has 0 bridgehead atoms. The van der Waals surface area contributed by atoms with E-state index >= 15 is 0 Å². The molecule has 0 heterocycles. The van der Waals surface area contributed by atoms with Gasteiger partial charge in [0.1, 0.15) is 0 Å². The van der Waals surface area contributed by atoms with Gasteiger partial charge in [0.05, 0.1) is 5.60 Å². The molecule has 0 fully saturated rings. The molecule has 1 N–H and O–H groups in total. The number of allylic oxidation sites excluding steroid dienone is 4. The summed E-state index contributed by atoms with van der Waals surface area (Å²) in [4.78, 5) is 0. The van der Waals surface area contributed by atoms with E-state index in [1.807, 2.05) is 12.2 Å². The van der Waals surface area contributed by atoms with Crippen molar-refractivity contribution in [1.82, 2.24) is 0 Å². The normalized spacial score (nSPS) is 12.8. The van der Waals surface area contributed by atoms with Crippen molar-refractivity contribution in [3.05, 3.63) is 90.6 Å². The summed E-state index contributed by atoms with van der Waals surface area (Å²) in [6.45, 7) is 15.0. The largest absolute Gasteiger partial charge is 0.386 e. The molecule has 0 amide bonds. The van der Waals surface area contributed by atoms with Gasteiger partial charge in [-0.05, 0) is 55.4 Å². The lowest BCUT2D eigenvalue weighted by Gasteiger charge is -2.22. The Morgan fingerprint density at radius 1 is 1.17 bits per heavy atom. The molecule has 0 aromatic heterocycles. The van der Waals surface area contributed by atoms with Crippen LogP contribution in [0.25, 0.3) is 6.08 Å². The molecule has 0 unspecified atom stereocenters. The Kier molecular flexibility index (Phi) is 7.50. The van der Waals surface area contributed by atoms with E-state index in [1.54, 1.807) is 26.0 Å². The molecule has 0 spiro atoms. The third-order valence-electron chi connectivity index (χ3n) is 3.74. The van der Waals surface area contributed by atoms with Gasteiger partial charge in [-0.25, -0.2) is 0 Å². The Hall–Kier alpha value is -2.12. The number of aryl methyl sites for hydroxylation is 1. The minimum Gasteiger partial charge on any atom is -0.386 e. The summed E-state index contributed by atoms with van der Waals surface area (Å²) in [6.07, 6.45) is 12.2. The van der Waals surface area contributed by atoms with E-state index in [9.17, 15) is 5.11 Å². The van der Waals surface area contributed by atoms with E-state index < -0.39 is 5.60 Å². The van der Waals surface area contributed by atoms with Crippen LogP contribution >= 0.6 is 0 Å². The number of hydrogen-bond acceptors (Lipinski definition) is 1. The van der Waals surface area contributed by atoms with Crippen LogP contribution in [-0.4, -0.2) is 10.7 Å². The topological polar surface area (TPSA) is 20.2 Å². The molecular formula is C22H28O. The van der Waals surface area contributed by atoms with Crippen molar-refractivity contribution in [1.29, 1.82) is 0 Å². The number of rotatable bonds is 9. The molecule has 23 heavy (non-hydrogen) atoms. The minimum atomic E-state index is -0.888. The van der Waals surface area contributed by atoms with Gasteiger partial charge in [0.2, 0.25) is 0 Å². The first-order chi connectivity index (χ1) is 10.9. The molecule has 1 rings (SSSR count). The summed E-state index contributed by atoms with van der Waals surface area (Å²) in [7, 11) is 0. The quantitative estimate of drug-likeness (QED) is 0.585. The summed E-state index contributed by atoms with van der Waals surface area (Å²) in [6, 6.07) is 8.51. The monoisotopic (exact) mass is 308 g/mol. The Labute approximate surface area is 141 Å². The van der Waals surface area contributed by atoms with Gasteiger partial charge in [-0.3, -0.25) is 0 Å². The van der Waals surface area contributed by atoms with Crippen LogP contribution in [0.1, 0.15) is 37.8 Å².